The molecule has 1 aromatic rings. The van der Waals surface area contributed by atoms with Crippen LogP contribution in [0.3, 0.4) is 0 Å². The summed E-state index contributed by atoms with van der Waals surface area (Å²) < 4.78 is 26.9. The van der Waals surface area contributed by atoms with Crippen molar-refractivity contribution in [1.82, 2.24) is 5.32 Å². The molecular formula is C15H19F2N. The zero-order valence-corrected chi connectivity index (χ0v) is 10.6. The van der Waals surface area contributed by atoms with Gasteiger partial charge < -0.3 is 5.32 Å². The highest BCUT2D eigenvalue weighted by Crippen LogP contribution is 2.57. The fourth-order valence-corrected chi connectivity index (χ4v) is 3.54. The minimum Gasteiger partial charge on any atom is -0.310 e. The normalized spacial score (nSPS) is 31.2. The minimum atomic E-state index is -0.499. The molecule has 98 valence electrons. The molecule has 0 bridgehead atoms. The summed E-state index contributed by atoms with van der Waals surface area (Å²) in [5.74, 6) is 1.34. The number of nitrogens with one attached hydrogen (secondary N) is 1. The van der Waals surface area contributed by atoms with Gasteiger partial charge in [-0.25, -0.2) is 8.78 Å². The molecule has 0 spiro atoms. The second-order valence-electron chi connectivity index (χ2n) is 5.69. The van der Waals surface area contributed by atoms with E-state index in [9.17, 15) is 8.78 Å². The van der Waals surface area contributed by atoms with Gasteiger partial charge in [0.05, 0.1) is 0 Å². The molecule has 2 aliphatic rings. The van der Waals surface area contributed by atoms with Gasteiger partial charge in [0, 0.05) is 17.7 Å². The third-order valence-corrected chi connectivity index (χ3v) is 4.47. The summed E-state index contributed by atoms with van der Waals surface area (Å²) >= 11 is 0. The van der Waals surface area contributed by atoms with Gasteiger partial charge in [-0.05, 0) is 49.6 Å². The lowest BCUT2D eigenvalue weighted by atomic mass is 9.88. The lowest BCUT2D eigenvalue weighted by molar-refractivity contribution is 0.337. The molecule has 18 heavy (non-hydrogen) atoms. The SMILES string of the molecule is CCNC(c1ccc(F)cc1F)C1CC2CC2C1. The van der Waals surface area contributed by atoms with E-state index in [0.29, 0.717) is 11.5 Å². The van der Waals surface area contributed by atoms with E-state index in [1.807, 2.05) is 6.92 Å². The highest BCUT2D eigenvalue weighted by atomic mass is 19.1. The third-order valence-electron chi connectivity index (χ3n) is 4.47. The van der Waals surface area contributed by atoms with Gasteiger partial charge in [-0.3, -0.25) is 0 Å². The van der Waals surface area contributed by atoms with Crippen LogP contribution in [0.15, 0.2) is 18.2 Å². The Morgan fingerprint density at radius 1 is 1.22 bits per heavy atom. The molecule has 1 aromatic carbocycles. The second-order valence-corrected chi connectivity index (χ2v) is 5.69. The molecule has 1 N–H and O–H groups in total. The lowest BCUT2D eigenvalue weighted by Crippen LogP contribution is -2.28. The Bertz CT molecular complexity index is 436. The van der Waals surface area contributed by atoms with Gasteiger partial charge in [0.1, 0.15) is 11.6 Å². The minimum absolute atomic E-state index is 0.0448. The van der Waals surface area contributed by atoms with E-state index in [0.717, 1.165) is 24.4 Å². The maximum atomic E-state index is 13.9. The maximum Gasteiger partial charge on any atom is 0.130 e. The van der Waals surface area contributed by atoms with Crippen molar-refractivity contribution in [3.8, 4) is 0 Å². The van der Waals surface area contributed by atoms with E-state index < -0.39 is 11.6 Å². The molecular weight excluding hydrogens is 232 g/mol. The van der Waals surface area contributed by atoms with Gasteiger partial charge in [0.15, 0.2) is 0 Å². The van der Waals surface area contributed by atoms with Crippen molar-refractivity contribution >= 4 is 0 Å². The first-order chi connectivity index (χ1) is 8.69. The molecule has 3 atom stereocenters. The Morgan fingerprint density at radius 2 is 1.94 bits per heavy atom. The summed E-state index contributed by atoms with van der Waals surface area (Å²) in [6.07, 6.45) is 3.75. The Balaban J connectivity index is 1.83. The van der Waals surface area contributed by atoms with Crippen LogP contribution in [-0.2, 0) is 0 Å². The van der Waals surface area contributed by atoms with Crippen LogP contribution in [0.1, 0.15) is 37.8 Å². The lowest BCUT2D eigenvalue weighted by Gasteiger charge is -2.26. The summed E-state index contributed by atoms with van der Waals surface area (Å²) in [7, 11) is 0. The molecule has 3 unspecified atom stereocenters. The van der Waals surface area contributed by atoms with Crippen molar-refractivity contribution in [3.63, 3.8) is 0 Å². The van der Waals surface area contributed by atoms with Crippen molar-refractivity contribution in [2.45, 2.75) is 32.2 Å². The molecule has 2 aliphatic carbocycles. The van der Waals surface area contributed by atoms with Gasteiger partial charge in [-0.2, -0.15) is 0 Å². The predicted molar refractivity (Wildman–Crippen MR) is 67.1 cm³/mol. The smallest absolute Gasteiger partial charge is 0.130 e. The zero-order valence-electron chi connectivity index (χ0n) is 10.6. The summed E-state index contributed by atoms with van der Waals surface area (Å²) in [6.45, 7) is 2.84. The van der Waals surface area contributed by atoms with E-state index in [4.69, 9.17) is 0 Å². The molecule has 2 saturated carbocycles. The Labute approximate surface area is 107 Å². The van der Waals surface area contributed by atoms with Crippen molar-refractivity contribution in [2.24, 2.45) is 17.8 Å². The molecule has 0 aromatic heterocycles. The molecule has 0 heterocycles. The monoisotopic (exact) mass is 251 g/mol. The van der Waals surface area contributed by atoms with Crippen LogP contribution in [0.5, 0.6) is 0 Å². The number of hydrogen-bond donors (Lipinski definition) is 1. The van der Waals surface area contributed by atoms with Crippen LogP contribution in [0, 0.1) is 29.4 Å². The topological polar surface area (TPSA) is 12.0 Å². The maximum absolute atomic E-state index is 13.9. The molecule has 0 aliphatic heterocycles. The first kappa shape index (κ1) is 12.1. The van der Waals surface area contributed by atoms with Gasteiger partial charge >= 0.3 is 0 Å². The fourth-order valence-electron chi connectivity index (χ4n) is 3.54. The van der Waals surface area contributed by atoms with Gasteiger partial charge in [0.25, 0.3) is 0 Å². The van der Waals surface area contributed by atoms with Crippen molar-refractivity contribution in [1.29, 1.82) is 0 Å². The summed E-state index contributed by atoms with van der Waals surface area (Å²) in [6, 6.07) is 4.00. The van der Waals surface area contributed by atoms with E-state index >= 15 is 0 Å². The summed E-state index contributed by atoms with van der Waals surface area (Å²) in [4.78, 5) is 0. The largest absolute Gasteiger partial charge is 0.310 e. The first-order valence-corrected chi connectivity index (χ1v) is 6.87. The molecule has 2 fully saturated rings. The van der Waals surface area contributed by atoms with E-state index in [1.54, 1.807) is 6.07 Å². The van der Waals surface area contributed by atoms with Crippen molar-refractivity contribution < 1.29 is 8.78 Å². The van der Waals surface area contributed by atoms with Gasteiger partial charge in [-0.1, -0.05) is 13.0 Å². The van der Waals surface area contributed by atoms with Crippen LogP contribution in [0.2, 0.25) is 0 Å². The van der Waals surface area contributed by atoms with Crippen LogP contribution in [0.4, 0.5) is 8.78 Å². The van der Waals surface area contributed by atoms with Crippen LogP contribution < -0.4 is 5.32 Å². The molecule has 3 rings (SSSR count). The molecule has 3 heteroatoms. The molecule has 0 amide bonds. The zero-order chi connectivity index (χ0) is 12.7. The van der Waals surface area contributed by atoms with Crippen LogP contribution in [-0.4, -0.2) is 6.54 Å². The fraction of sp³-hybridized carbons (Fsp3) is 0.600. The Morgan fingerprint density at radius 3 is 2.56 bits per heavy atom. The van der Waals surface area contributed by atoms with Crippen LogP contribution in [0.25, 0.3) is 0 Å². The average molecular weight is 251 g/mol. The first-order valence-electron chi connectivity index (χ1n) is 6.87. The summed E-state index contributed by atoms with van der Waals surface area (Å²) in [5, 5.41) is 3.38. The van der Waals surface area contributed by atoms with Crippen LogP contribution >= 0.6 is 0 Å². The number of fused-ring (bicyclic) bond motifs is 1. The number of rotatable bonds is 4. The van der Waals surface area contributed by atoms with Crippen molar-refractivity contribution in [2.75, 3.05) is 6.54 Å². The number of halogens is 2. The standard InChI is InChI=1S/C15H19F2N/c1-2-18-15(11-6-9-5-10(9)7-11)13-4-3-12(16)8-14(13)17/h3-4,8-11,15,18H,2,5-7H2,1H3. The Kier molecular flexibility index (Phi) is 3.10. The van der Waals surface area contributed by atoms with Gasteiger partial charge in [0.2, 0.25) is 0 Å². The predicted octanol–water partition coefficient (Wildman–Crippen LogP) is 3.66. The number of hydrogen-bond acceptors (Lipinski definition) is 1. The average Bonchev–Trinajstić information content (AvgIpc) is 2.94. The summed E-state index contributed by atoms with van der Waals surface area (Å²) in [5.41, 5.74) is 0.629. The van der Waals surface area contributed by atoms with Gasteiger partial charge in [-0.15, -0.1) is 0 Å². The molecule has 1 nitrogen and oxygen atoms in total. The Hall–Kier alpha value is -0.960. The number of benzene rings is 1. The van der Waals surface area contributed by atoms with E-state index in [-0.39, 0.29) is 6.04 Å². The second kappa shape index (κ2) is 4.61. The molecule has 0 saturated heterocycles. The third kappa shape index (κ3) is 2.16. The molecule has 0 radical (unpaired) electrons. The highest BCUT2D eigenvalue weighted by Gasteiger charge is 2.48. The van der Waals surface area contributed by atoms with E-state index in [1.165, 1.54) is 25.3 Å². The quantitative estimate of drug-likeness (QED) is 0.861. The highest BCUT2D eigenvalue weighted by molar-refractivity contribution is 5.24. The van der Waals surface area contributed by atoms with Crippen molar-refractivity contribution in [3.05, 3.63) is 35.4 Å². The van der Waals surface area contributed by atoms with E-state index in [2.05, 4.69) is 5.32 Å².